The Hall–Kier alpha value is -1.99. The minimum absolute atomic E-state index is 0.285. The number of fused-ring (bicyclic) bond motifs is 1. The molecule has 0 spiro atoms. The highest BCUT2D eigenvalue weighted by Gasteiger charge is 2.30. The topological polar surface area (TPSA) is 65.3 Å². The lowest BCUT2D eigenvalue weighted by Gasteiger charge is -2.37. The molecule has 0 radical (unpaired) electrons. The molecule has 4 heterocycles. The van der Waals surface area contributed by atoms with Crippen molar-refractivity contribution in [1.82, 2.24) is 24.6 Å². The van der Waals surface area contributed by atoms with Crippen molar-refractivity contribution < 1.29 is 9.47 Å². The van der Waals surface area contributed by atoms with E-state index in [4.69, 9.17) is 9.47 Å². The first-order chi connectivity index (χ1) is 12.3. The van der Waals surface area contributed by atoms with E-state index >= 15 is 0 Å². The van der Waals surface area contributed by atoms with Gasteiger partial charge in [-0.3, -0.25) is 4.90 Å². The van der Waals surface area contributed by atoms with E-state index in [1.165, 1.54) is 12.8 Å². The number of ether oxygens (including phenoxy) is 2. The van der Waals surface area contributed by atoms with Gasteiger partial charge in [0.1, 0.15) is 12.4 Å². The minimum atomic E-state index is 0.285. The van der Waals surface area contributed by atoms with Crippen molar-refractivity contribution in [2.45, 2.75) is 39.0 Å². The maximum Gasteiger partial charge on any atom is 0.213 e. The molecule has 4 rings (SSSR count). The van der Waals surface area contributed by atoms with Gasteiger partial charge in [-0.05, 0) is 31.7 Å². The van der Waals surface area contributed by atoms with E-state index in [0.717, 1.165) is 50.4 Å². The molecule has 2 aromatic rings. The SMILES string of the molecule is C[C@@H]1c2nnc(COc3ccccn3)n2CCN1CC1CCOCC1. The molecule has 2 aliphatic heterocycles. The number of hydrogen-bond donors (Lipinski definition) is 0. The molecule has 0 unspecified atom stereocenters. The summed E-state index contributed by atoms with van der Waals surface area (Å²) in [5.41, 5.74) is 0. The second kappa shape index (κ2) is 7.49. The lowest BCUT2D eigenvalue weighted by Crippen LogP contribution is -2.41. The Morgan fingerprint density at radius 1 is 1.20 bits per heavy atom. The lowest BCUT2D eigenvalue weighted by atomic mass is 9.98. The summed E-state index contributed by atoms with van der Waals surface area (Å²) >= 11 is 0. The molecule has 0 N–H and O–H groups in total. The van der Waals surface area contributed by atoms with Gasteiger partial charge in [0.05, 0.1) is 6.04 Å². The van der Waals surface area contributed by atoms with Crippen molar-refractivity contribution in [1.29, 1.82) is 0 Å². The summed E-state index contributed by atoms with van der Waals surface area (Å²) in [5.74, 6) is 3.26. The largest absolute Gasteiger partial charge is 0.469 e. The summed E-state index contributed by atoms with van der Waals surface area (Å²) in [6.45, 7) is 7.49. The van der Waals surface area contributed by atoms with Crippen LogP contribution in [0.25, 0.3) is 0 Å². The molecular formula is C18H25N5O2. The van der Waals surface area contributed by atoms with Gasteiger partial charge in [-0.15, -0.1) is 10.2 Å². The molecule has 7 heteroatoms. The number of rotatable bonds is 5. The highest BCUT2D eigenvalue weighted by Crippen LogP contribution is 2.27. The van der Waals surface area contributed by atoms with Gasteiger partial charge < -0.3 is 14.0 Å². The third-order valence-corrected chi connectivity index (χ3v) is 5.21. The fourth-order valence-electron chi connectivity index (χ4n) is 3.67. The zero-order chi connectivity index (χ0) is 17.1. The molecule has 1 fully saturated rings. The monoisotopic (exact) mass is 343 g/mol. The van der Waals surface area contributed by atoms with E-state index < -0.39 is 0 Å². The van der Waals surface area contributed by atoms with Gasteiger partial charge in [0.25, 0.3) is 0 Å². The van der Waals surface area contributed by atoms with Gasteiger partial charge in [-0.1, -0.05) is 6.07 Å². The zero-order valence-electron chi connectivity index (χ0n) is 14.7. The van der Waals surface area contributed by atoms with Gasteiger partial charge in [0, 0.05) is 45.1 Å². The van der Waals surface area contributed by atoms with E-state index in [-0.39, 0.29) is 6.04 Å². The maximum absolute atomic E-state index is 5.74. The number of nitrogens with zero attached hydrogens (tertiary/aromatic N) is 5. The second-order valence-corrected chi connectivity index (χ2v) is 6.81. The summed E-state index contributed by atoms with van der Waals surface area (Å²) in [6, 6.07) is 5.93. The summed E-state index contributed by atoms with van der Waals surface area (Å²) < 4.78 is 13.4. The Morgan fingerprint density at radius 3 is 2.88 bits per heavy atom. The van der Waals surface area contributed by atoms with Crippen LogP contribution in [0, 0.1) is 5.92 Å². The zero-order valence-corrected chi connectivity index (χ0v) is 14.7. The molecule has 0 aliphatic carbocycles. The highest BCUT2D eigenvalue weighted by molar-refractivity contribution is 5.10. The molecule has 1 atom stereocenters. The summed E-state index contributed by atoms with van der Waals surface area (Å²) in [7, 11) is 0. The Kier molecular flexibility index (Phi) is 4.94. The van der Waals surface area contributed by atoms with Gasteiger partial charge in [-0.25, -0.2) is 4.98 Å². The molecule has 0 saturated carbocycles. The standard InChI is InChI=1S/C18H25N5O2/c1-14-18-21-20-16(13-25-17-4-2-3-7-19-17)23(18)9-8-22(14)12-15-5-10-24-11-6-15/h2-4,7,14-15H,5-6,8-13H2,1H3/t14-/m1/s1. The van der Waals surface area contributed by atoms with Gasteiger partial charge >= 0.3 is 0 Å². The molecule has 0 aromatic carbocycles. The van der Waals surface area contributed by atoms with Crippen LogP contribution < -0.4 is 4.74 Å². The van der Waals surface area contributed by atoms with Crippen LogP contribution in [-0.2, 0) is 17.9 Å². The van der Waals surface area contributed by atoms with Crippen LogP contribution in [0.4, 0.5) is 0 Å². The van der Waals surface area contributed by atoms with Crippen LogP contribution in [0.15, 0.2) is 24.4 Å². The molecule has 2 aliphatic rings. The fraction of sp³-hybridized carbons (Fsp3) is 0.611. The molecule has 7 nitrogen and oxygen atoms in total. The van der Waals surface area contributed by atoms with Gasteiger partial charge in [0.2, 0.25) is 5.88 Å². The summed E-state index contributed by atoms with van der Waals surface area (Å²) in [5, 5.41) is 8.80. The average Bonchev–Trinajstić information content (AvgIpc) is 3.08. The minimum Gasteiger partial charge on any atom is -0.469 e. The van der Waals surface area contributed by atoms with Crippen LogP contribution in [0.2, 0.25) is 0 Å². The molecule has 0 bridgehead atoms. The first-order valence-corrected chi connectivity index (χ1v) is 9.09. The molecule has 0 amide bonds. The van der Waals surface area contributed by atoms with Crippen molar-refractivity contribution in [2.75, 3.05) is 26.3 Å². The van der Waals surface area contributed by atoms with Crippen molar-refractivity contribution in [3.8, 4) is 5.88 Å². The Morgan fingerprint density at radius 2 is 2.08 bits per heavy atom. The normalized spacial score (nSPS) is 21.9. The van der Waals surface area contributed by atoms with E-state index in [1.807, 2.05) is 18.2 Å². The Bertz CT molecular complexity index is 684. The number of hydrogen-bond acceptors (Lipinski definition) is 6. The first kappa shape index (κ1) is 16.5. The number of aromatic nitrogens is 4. The molecule has 2 aromatic heterocycles. The molecule has 1 saturated heterocycles. The van der Waals surface area contributed by atoms with E-state index in [0.29, 0.717) is 12.5 Å². The average molecular weight is 343 g/mol. The van der Waals surface area contributed by atoms with Crippen molar-refractivity contribution >= 4 is 0 Å². The molecule has 134 valence electrons. The fourth-order valence-corrected chi connectivity index (χ4v) is 3.67. The van der Waals surface area contributed by atoms with Crippen LogP contribution in [0.5, 0.6) is 5.88 Å². The third kappa shape index (κ3) is 3.67. The predicted molar refractivity (Wildman–Crippen MR) is 92.1 cm³/mol. The lowest BCUT2D eigenvalue weighted by molar-refractivity contribution is 0.0408. The summed E-state index contributed by atoms with van der Waals surface area (Å²) in [6.07, 6.45) is 4.06. The maximum atomic E-state index is 5.74. The van der Waals surface area contributed by atoms with Crippen LogP contribution in [-0.4, -0.2) is 51.0 Å². The van der Waals surface area contributed by atoms with Crippen LogP contribution in [0.1, 0.15) is 37.5 Å². The molecule has 25 heavy (non-hydrogen) atoms. The van der Waals surface area contributed by atoms with Gasteiger partial charge in [0.15, 0.2) is 5.82 Å². The van der Waals surface area contributed by atoms with E-state index in [9.17, 15) is 0 Å². The van der Waals surface area contributed by atoms with Crippen LogP contribution in [0.3, 0.4) is 0 Å². The predicted octanol–water partition coefficient (Wildman–Crippen LogP) is 2.06. The smallest absolute Gasteiger partial charge is 0.213 e. The summed E-state index contributed by atoms with van der Waals surface area (Å²) in [4.78, 5) is 6.72. The van der Waals surface area contributed by atoms with Crippen molar-refractivity contribution in [3.63, 3.8) is 0 Å². The van der Waals surface area contributed by atoms with Crippen molar-refractivity contribution in [3.05, 3.63) is 36.0 Å². The third-order valence-electron chi connectivity index (χ3n) is 5.21. The quantitative estimate of drug-likeness (QED) is 0.828. The van der Waals surface area contributed by atoms with Crippen LogP contribution >= 0.6 is 0 Å². The number of pyridine rings is 1. The second-order valence-electron chi connectivity index (χ2n) is 6.81. The molecular weight excluding hydrogens is 318 g/mol. The first-order valence-electron chi connectivity index (χ1n) is 9.09. The highest BCUT2D eigenvalue weighted by atomic mass is 16.5. The van der Waals surface area contributed by atoms with E-state index in [1.54, 1.807) is 6.20 Å². The Labute approximate surface area is 148 Å². The Balaban J connectivity index is 1.40. The van der Waals surface area contributed by atoms with Crippen molar-refractivity contribution in [2.24, 2.45) is 5.92 Å². The van der Waals surface area contributed by atoms with E-state index in [2.05, 4.69) is 31.6 Å². The van der Waals surface area contributed by atoms with Gasteiger partial charge in [-0.2, -0.15) is 0 Å².